The Balaban J connectivity index is 0.000000176. The third-order valence-electron chi connectivity index (χ3n) is 3.02. The first-order valence-corrected chi connectivity index (χ1v) is 7.90. The van der Waals surface area contributed by atoms with Crippen LogP contribution < -0.4 is 0 Å². The normalized spacial score (nSPS) is 12.4. The molecule has 0 radical (unpaired) electrons. The quantitative estimate of drug-likeness (QED) is 0.665. The minimum Gasteiger partial charge on any atom is -0.508 e. The number of rotatable bonds is 0. The molecule has 2 aromatic carbocycles. The van der Waals surface area contributed by atoms with Crippen LogP contribution in [0.4, 0.5) is 0 Å². The Labute approximate surface area is 129 Å². The first kappa shape index (κ1) is 17.3. The summed E-state index contributed by atoms with van der Waals surface area (Å²) in [4.78, 5) is 0. The van der Waals surface area contributed by atoms with Crippen molar-refractivity contribution >= 4 is 0 Å². The maximum atomic E-state index is 8.63. The Morgan fingerprint density at radius 2 is 1.10 bits per heavy atom. The van der Waals surface area contributed by atoms with Crippen LogP contribution in [0.5, 0.6) is 5.75 Å². The Kier molecular flexibility index (Phi) is 8.27. The topological polar surface area (TPSA) is 20.2 Å². The second-order valence-electron chi connectivity index (χ2n) is 6.04. The van der Waals surface area contributed by atoms with Crippen molar-refractivity contribution < 1.29 is 5.11 Å². The molecule has 21 heavy (non-hydrogen) atoms. The molecule has 0 heterocycles. The van der Waals surface area contributed by atoms with E-state index in [4.69, 9.17) is 5.11 Å². The third-order valence-corrected chi connectivity index (χ3v) is 3.02. The zero-order valence-corrected chi connectivity index (χ0v) is 13.5. The highest BCUT2D eigenvalue weighted by atomic mass is 16.3. The zero-order chi connectivity index (χ0) is 15.5. The summed E-state index contributed by atoms with van der Waals surface area (Å²) in [7, 11) is 0. The van der Waals surface area contributed by atoms with Crippen molar-refractivity contribution in [2.75, 3.05) is 0 Å². The molecule has 1 nitrogen and oxygen atoms in total. The van der Waals surface area contributed by atoms with Crippen LogP contribution in [-0.2, 0) is 12.8 Å². The third kappa shape index (κ3) is 8.19. The summed E-state index contributed by atoms with van der Waals surface area (Å²) in [6.45, 7) is 6.50. The molecular formula is C20H28O. The molecule has 114 valence electrons. The molecule has 3 rings (SSSR count). The predicted octanol–water partition coefficient (Wildman–Crippen LogP) is 5.62. The molecule has 0 aliphatic heterocycles. The molecule has 1 aliphatic rings. The highest BCUT2D eigenvalue weighted by Crippen LogP contribution is 2.19. The molecule has 0 aromatic heterocycles. The van der Waals surface area contributed by atoms with E-state index in [1.165, 1.54) is 25.7 Å². The summed E-state index contributed by atoms with van der Waals surface area (Å²) < 4.78 is 0. The van der Waals surface area contributed by atoms with Gasteiger partial charge < -0.3 is 5.11 Å². The van der Waals surface area contributed by atoms with E-state index in [-0.39, 0.29) is 0 Å². The zero-order valence-electron chi connectivity index (χ0n) is 13.5. The SMILES string of the molecule is CC(C)C.Oc1ccccc1.c1ccc2c(c1)CCCC2. The van der Waals surface area contributed by atoms with Gasteiger partial charge in [0.05, 0.1) is 0 Å². The van der Waals surface area contributed by atoms with Crippen LogP contribution in [0, 0.1) is 5.92 Å². The number of hydrogen-bond acceptors (Lipinski definition) is 1. The van der Waals surface area contributed by atoms with E-state index in [0.29, 0.717) is 5.75 Å². The lowest BCUT2D eigenvalue weighted by molar-refractivity contribution is 0.475. The number of phenolic OH excluding ortho intramolecular Hbond substituents is 1. The maximum absolute atomic E-state index is 8.63. The second-order valence-corrected chi connectivity index (χ2v) is 6.04. The fourth-order valence-electron chi connectivity index (χ4n) is 2.10. The van der Waals surface area contributed by atoms with Gasteiger partial charge in [0.25, 0.3) is 0 Å². The largest absolute Gasteiger partial charge is 0.508 e. The number of aryl methyl sites for hydroxylation is 2. The number of para-hydroxylation sites is 1. The molecule has 1 N–H and O–H groups in total. The van der Waals surface area contributed by atoms with Gasteiger partial charge in [-0.3, -0.25) is 0 Å². The highest BCUT2D eigenvalue weighted by molar-refractivity contribution is 5.28. The van der Waals surface area contributed by atoms with Gasteiger partial charge in [-0.2, -0.15) is 0 Å². The van der Waals surface area contributed by atoms with E-state index in [9.17, 15) is 0 Å². The van der Waals surface area contributed by atoms with Gasteiger partial charge in [-0.1, -0.05) is 63.2 Å². The Bertz CT molecular complexity index is 460. The van der Waals surface area contributed by atoms with E-state index in [0.717, 1.165) is 5.92 Å². The molecule has 0 saturated carbocycles. The van der Waals surface area contributed by atoms with Crippen LogP contribution in [0.2, 0.25) is 0 Å². The minimum absolute atomic E-state index is 0.322. The van der Waals surface area contributed by atoms with Crippen LogP contribution in [0.1, 0.15) is 44.7 Å². The van der Waals surface area contributed by atoms with E-state index < -0.39 is 0 Å². The average molecular weight is 284 g/mol. The molecule has 1 aliphatic carbocycles. The van der Waals surface area contributed by atoms with Crippen LogP contribution in [0.3, 0.4) is 0 Å². The molecule has 0 bridgehead atoms. The molecule has 0 spiro atoms. The fraction of sp³-hybridized carbons (Fsp3) is 0.400. The van der Waals surface area contributed by atoms with Gasteiger partial charge in [0.1, 0.15) is 5.75 Å². The van der Waals surface area contributed by atoms with Gasteiger partial charge in [-0.05, 0) is 54.9 Å². The van der Waals surface area contributed by atoms with E-state index >= 15 is 0 Å². The van der Waals surface area contributed by atoms with Gasteiger partial charge in [0.2, 0.25) is 0 Å². The Morgan fingerprint density at radius 3 is 1.43 bits per heavy atom. The summed E-state index contributed by atoms with van der Waals surface area (Å²) in [5.41, 5.74) is 3.16. The summed E-state index contributed by atoms with van der Waals surface area (Å²) in [6.07, 6.45) is 5.38. The van der Waals surface area contributed by atoms with Gasteiger partial charge in [0.15, 0.2) is 0 Å². The lowest BCUT2D eigenvalue weighted by Crippen LogP contribution is -2.00. The van der Waals surface area contributed by atoms with Crippen molar-refractivity contribution in [2.24, 2.45) is 5.92 Å². The molecular weight excluding hydrogens is 256 g/mol. The Hall–Kier alpha value is -1.76. The van der Waals surface area contributed by atoms with Gasteiger partial charge in [-0.15, -0.1) is 0 Å². The number of fused-ring (bicyclic) bond motifs is 1. The summed E-state index contributed by atoms with van der Waals surface area (Å²) in [5.74, 6) is 1.16. The molecule has 0 fully saturated rings. The molecule has 0 saturated heterocycles. The van der Waals surface area contributed by atoms with Gasteiger partial charge >= 0.3 is 0 Å². The number of hydrogen-bond donors (Lipinski definition) is 1. The maximum Gasteiger partial charge on any atom is 0.115 e. The summed E-state index contributed by atoms with van der Waals surface area (Å²) in [6, 6.07) is 17.5. The molecule has 0 atom stereocenters. The van der Waals surface area contributed by atoms with Crippen molar-refractivity contribution in [3.8, 4) is 5.75 Å². The van der Waals surface area contributed by atoms with Crippen molar-refractivity contribution in [3.05, 3.63) is 65.7 Å². The summed E-state index contributed by atoms with van der Waals surface area (Å²) >= 11 is 0. The molecule has 0 amide bonds. The van der Waals surface area contributed by atoms with Crippen molar-refractivity contribution in [2.45, 2.75) is 46.5 Å². The highest BCUT2D eigenvalue weighted by Gasteiger charge is 2.05. The molecule has 2 aromatic rings. The minimum atomic E-state index is 0.322. The summed E-state index contributed by atoms with van der Waals surface area (Å²) in [5, 5.41) is 8.63. The number of benzene rings is 2. The number of aromatic hydroxyl groups is 1. The predicted molar refractivity (Wildman–Crippen MR) is 91.7 cm³/mol. The monoisotopic (exact) mass is 284 g/mol. The van der Waals surface area contributed by atoms with Gasteiger partial charge in [-0.25, -0.2) is 0 Å². The van der Waals surface area contributed by atoms with Crippen molar-refractivity contribution in [3.63, 3.8) is 0 Å². The van der Waals surface area contributed by atoms with Crippen LogP contribution in [0.25, 0.3) is 0 Å². The number of phenols is 1. The van der Waals surface area contributed by atoms with E-state index in [1.54, 1.807) is 35.4 Å². The first-order chi connectivity index (χ1) is 10.1. The van der Waals surface area contributed by atoms with Crippen LogP contribution >= 0.6 is 0 Å². The van der Waals surface area contributed by atoms with E-state index in [1.807, 2.05) is 6.07 Å². The fourth-order valence-corrected chi connectivity index (χ4v) is 2.10. The molecule has 0 unspecified atom stereocenters. The average Bonchev–Trinajstić information content (AvgIpc) is 2.48. The smallest absolute Gasteiger partial charge is 0.115 e. The van der Waals surface area contributed by atoms with Crippen molar-refractivity contribution in [1.29, 1.82) is 0 Å². The second kappa shape index (κ2) is 10.0. The Morgan fingerprint density at radius 1 is 0.714 bits per heavy atom. The van der Waals surface area contributed by atoms with Crippen LogP contribution in [-0.4, -0.2) is 5.11 Å². The lowest BCUT2D eigenvalue weighted by atomic mass is 9.92. The van der Waals surface area contributed by atoms with E-state index in [2.05, 4.69) is 45.0 Å². The van der Waals surface area contributed by atoms with Crippen molar-refractivity contribution in [1.82, 2.24) is 0 Å². The van der Waals surface area contributed by atoms with Crippen LogP contribution in [0.15, 0.2) is 54.6 Å². The lowest BCUT2D eigenvalue weighted by Gasteiger charge is -2.13. The standard InChI is InChI=1S/C10H12.C6H6O.C4H10/c1-2-6-10-8-4-3-7-9(10)5-1;7-6-4-2-1-3-5-6;1-4(2)3/h1-2,5-6H,3-4,7-8H2;1-5,7H;4H,1-3H3. The molecule has 1 heteroatoms. The first-order valence-electron chi connectivity index (χ1n) is 7.90. The van der Waals surface area contributed by atoms with Gasteiger partial charge in [0, 0.05) is 0 Å².